The van der Waals surface area contributed by atoms with E-state index in [-0.39, 0.29) is 30.9 Å². The molecule has 0 radical (unpaired) electrons. The summed E-state index contributed by atoms with van der Waals surface area (Å²) in [6, 6.07) is 5.66. The fourth-order valence-corrected chi connectivity index (χ4v) is 6.00. The lowest BCUT2D eigenvalue weighted by Gasteiger charge is -2.33. The Kier molecular flexibility index (Phi) is 8.17. The van der Waals surface area contributed by atoms with Gasteiger partial charge in [-0.1, -0.05) is 0 Å². The quantitative estimate of drug-likeness (QED) is 0.602. The molecule has 7 heteroatoms. The molecule has 2 atom stereocenters. The van der Waals surface area contributed by atoms with E-state index < -0.39 is 6.04 Å². The van der Waals surface area contributed by atoms with Crippen LogP contribution >= 0.6 is 0 Å². The molecule has 35 heavy (non-hydrogen) atoms. The minimum absolute atomic E-state index is 0.0595. The topological polar surface area (TPSA) is 83.8 Å². The Morgan fingerprint density at radius 3 is 2.63 bits per heavy atom. The molecule has 0 unspecified atom stereocenters. The number of aryl methyl sites for hydroxylation is 1. The molecule has 2 N–H and O–H groups in total. The number of carbonyl (C=O) groups excluding carboxylic acids is 2. The number of likely N-dealkylation sites (N-methyl/N-ethyl adjacent to an activating group) is 1. The van der Waals surface area contributed by atoms with Crippen molar-refractivity contribution in [3.63, 3.8) is 0 Å². The maximum Gasteiger partial charge on any atom is 0.253 e. The first-order chi connectivity index (χ1) is 16.8. The van der Waals surface area contributed by atoms with Gasteiger partial charge >= 0.3 is 0 Å². The minimum Gasteiger partial charge on any atom is -0.394 e. The van der Waals surface area contributed by atoms with Crippen LogP contribution in [0.25, 0.3) is 10.9 Å². The maximum atomic E-state index is 13.4. The van der Waals surface area contributed by atoms with Gasteiger partial charge < -0.3 is 24.6 Å². The number of aromatic nitrogens is 1. The molecule has 2 aliphatic rings. The van der Waals surface area contributed by atoms with E-state index in [1.165, 1.54) is 28.6 Å². The Balaban J connectivity index is 1.52. The smallest absolute Gasteiger partial charge is 0.253 e. The summed E-state index contributed by atoms with van der Waals surface area (Å²) in [5.41, 5.74) is 4.59. The summed E-state index contributed by atoms with van der Waals surface area (Å²) in [5.74, 6) is 1.22. The fourth-order valence-electron chi connectivity index (χ4n) is 6.00. The summed E-state index contributed by atoms with van der Waals surface area (Å²) in [6.07, 6.45) is 6.37. The van der Waals surface area contributed by atoms with Gasteiger partial charge in [-0.3, -0.25) is 9.59 Å². The van der Waals surface area contributed by atoms with Crippen LogP contribution in [0.15, 0.2) is 18.2 Å². The molecule has 0 bridgehead atoms. The minimum atomic E-state index is -0.404. The molecule has 0 saturated carbocycles. The van der Waals surface area contributed by atoms with E-state index in [9.17, 15) is 14.7 Å². The third-order valence-corrected chi connectivity index (χ3v) is 8.07. The summed E-state index contributed by atoms with van der Waals surface area (Å²) in [7, 11) is 3.85. The molecule has 2 heterocycles. The summed E-state index contributed by atoms with van der Waals surface area (Å²) in [4.78, 5) is 27.0. The summed E-state index contributed by atoms with van der Waals surface area (Å²) >= 11 is 0. The number of hydrogen-bond donors (Lipinski definition) is 2. The Morgan fingerprint density at radius 1 is 1.20 bits per heavy atom. The van der Waals surface area contributed by atoms with Gasteiger partial charge in [0, 0.05) is 61.9 Å². The fraction of sp³-hybridized carbons (Fsp3) is 0.643. The van der Waals surface area contributed by atoms with Gasteiger partial charge in [0.05, 0.1) is 12.6 Å². The molecule has 1 aromatic heterocycles. The predicted octanol–water partition coefficient (Wildman–Crippen LogP) is 3.45. The second kappa shape index (κ2) is 11.1. The zero-order chi connectivity index (χ0) is 25.1. The van der Waals surface area contributed by atoms with Crippen LogP contribution in [0.1, 0.15) is 67.6 Å². The summed E-state index contributed by atoms with van der Waals surface area (Å²) < 4.78 is 7.89. The standard InChI is InChI=1S/C28H41N3O4/c1-18(2)29-27(33)10-7-22(17-32)30(3)28(34)21-6-9-26-24(16-21)23-15-20(5-8-25(23)31(26)4)19-11-13-35-14-12-19/h6,9,16,18-20,22,32H,5,7-8,10-15,17H2,1-4H3,(H,29,33)/t20-,22+/m1/s1. The van der Waals surface area contributed by atoms with Crippen molar-refractivity contribution in [1.82, 2.24) is 14.8 Å². The molecule has 192 valence electrons. The van der Waals surface area contributed by atoms with Gasteiger partial charge in [0.15, 0.2) is 0 Å². The van der Waals surface area contributed by atoms with Crippen LogP contribution in [0.2, 0.25) is 0 Å². The highest BCUT2D eigenvalue weighted by atomic mass is 16.5. The molecule has 1 aliphatic carbocycles. The molecule has 7 nitrogen and oxygen atoms in total. The number of nitrogens with one attached hydrogen (secondary N) is 1. The lowest BCUT2D eigenvalue weighted by atomic mass is 9.75. The highest BCUT2D eigenvalue weighted by Gasteiger charge is 2.31. The first-order valence-corrected chi connectivity index (χ1v) is 13.2. The average molecular weight is 484 g/mol. The zero-order valence-corrected chi connectivity index (χ0v) is 21.7. The van der Waals surface area contributed by atoms with Gasteiger partial charge in [0.2, 0.25) is 5.91 Å². The van der Waals surface area contributed by atoms with Gasteiger partial charge in [0.1, 0.15) is 0 Å². The molecule has 1 aromatic carbocycles. The monoisotopic (exact) mass is 483 g/mol. The number of ether oxygens (including phenoxy) is 1. The Morgan fingerprint density at radius 2 is 1.94 bits per heavy atom. The molecule has 1 aliphatic heterocycles. The Bertz CT molecular complexity index is 1050. The average Bonchev–Trinajstić information content (AvgIpc) is 3.14. The maximum absolute atomic E-state index is 13.4. The number of benzene rings is 1. The van der Waals surface area contributed by atoms with Crippen LogP contribution < -0.4 is 5.32 Å². The van der Waals surface area contributed by atoms with Crippen LogP contribution in [0.5, 0.6) is 0 Å². The number of aliphatic hydroxyl groups is 1. The van der Waals surface area contributed by atoms with Crippen LogP contribution in [0, 0.1) is 11.8 Å². The zero-order valence-electron chi connectivity index (χ0n) is 21.7. The molecule has 0 spiro atoms. The van der Waals surface area contributed by atoms with E-state index in [2.05, 4.69) is 23.0 Å². The van der Waals surface area contributed by atoms with Gasteiger partial charge in [-0.15, -0.1) is 0 Å². The van der Waals surface area contributed by atoms with Gasteiger partial charge in [-0.05, 0) is 88.0 Å². The number of hydrogen-bond acceptors (Lipinski definition) is 4. The van der Waals surface area contributed by atoms with Crippen molar-refractivity contribution in [2.45, 2.75) is 70.9 Å². The number of aliphatic hydroxyl groups excluding tert-OH is 1. The first kappa shape index (κ1) is 25.7. The molecule has 2 amide bonds. The molecular weight excluding hydrogens is 442 g/mol. The van der Waals surface area contributed by atoms with E-state index in [1.54, 1.807) is 11.9 Å². The number of fused-ring (bicyclic) bond motifs is 3. The van der Waals surface area contributed by atoms with Crippen molar-refractivity contribution >= 4 is 22.7 Å². The molecule has 1 fully saturated rings. The van der Waals surface area contributed by atoms with Crippen molar-refractivity contribution in [1.29, 1.82) is 0 Å². The lowest BCUT2D eigenvalue weighted by Crippen LogP contribution is -2.40. The molecule has 2 aromatic rings. The number of rotatable bonds is 8. The van der Waals surface area contributed by atoms with Crippen LogP contribution in [-0.4, -0.2) is 65.3 Å². The second-order valence-corrected chi connectivity index (χ2v) is 10.7. The van der Waals surface area contributed by atoms with E-state index >= 15 is 0 Å². The summed E-state index contributed by atoms with van der Waals surface area (Å²) in [5, 5.41) is 14.0. The van der Waals surface area contributed by atoms with Crippen molar-refractivity contribution < 1.29 is 19.4 Å². The van der Waals surface area contributed by atoms with Crippen molar-refractivity contribution in [3.8, 4) is 0 Å². The van der Waals surface area contributed by atoms with Crippen LogP contribution in [0.4, 0.5) is 0 Å². The van der Waals surface area contributed by atoms with E-state index in [0.29, 0.717) is 17.9 Å². The normalized spacial score (nSPS) is 19.5. The first-order valence-electron chi connectivity index (χ1n) is 13.2. The largest absolute Gasteiger partial charge is 0.394 e. The van der Waals surface area contributed by atoms with Crippen LogP contribution in [-0.2, 0) is 29.4 Å². The van der Waals surface area contributed by atoms with E-state index in [1.807, 2.05) is 26.0 Å². The SMILES string of the molecule is CC(C)NC(=O)CC[C@@H](CO)N(C)C(=O)c1ccc2c(c1)c1c(n2C)CC[C@@H](C2CCOCC2)C1. The van der Waals surface area contributed by atoms with Crippen molar-refractivity contribution in [2.24, 2.45) is 18.9 Å². The second-order valence-electron chi connectivity index (χ2n) is 10.7. The molecule has 1 saturated heterocycles. The predicted molar refractivity (Wildman–Crippen MR) is 137 cm³/mol. The van der Waals surface area contributed by atoms with Crippen molar-refractivity contribution in [2.75, 3.05) is 26.9 Å². The van der Waals surface area contributed by atoms with E-state index in [4.69, 9.17) is 4.74 Å². The third kappa shape index (κ3) is 5.56. The van der Waals surface area contributed by atoms with E-state index in [0.717, 1.165) is 44.8 Å². The van der Waals surface area contributed by atoms with Gasteiger partial charge in [0.25, 0.3) is 5.91 Å². The number of amides is 2. The van der Waals surface area contributed by atoms with Gasteiger partial charge in [-0.2, -0.15) is 0 Å². The number of nitrogens with zero attached hydrogens (tertiary/aromatic N) is 2. The molecule has 4 rings (SSSR count). The Labute approximate surface area is 208 Å². The third-order valence-electron chi connectivity index (χ3n) is 8.07. The number of carbonyl (C=O) groups is 2. The highest BCUT2D eigenvalue weighted by Crippen LogP contribution is 2.39. The van der Waals surface area contributed by atoms with Crippen LogP contribution in [0.3, 0.4) is 0 Å². The summed E-state index contributed by atoms with van der Waals surface area (Å²) in [6.45, 7) is 5.41. The highest BCUT2D eigenvalue weighted by molar-refractivity contribution is 5.99. The lowest BCUT2D eigenvalue weighted by molar-refractivity contribution is -0.121. The Hall–Kier alpha value is -2.38. The molecular formula is C28H41N3O4. The van der Waals surface area contributed by atoms with Crippen molar-refractivity contribution in [3.05, 3.63) is 35.0 Å². The van der Waals surface area contributed by atoms with Gasteiger partial charge in [-0.25, -0.2) is 0 Å².